The fourth-order valence-corrected chi connectivity index (χ4v) is 3.50. The van der Waals surface area contributed by atoms with Gasteiger partial charge >= 0.3 is 0 Å². The van der Waals surface area contributed by atoms with Crippen LogP contribution >= 0.6 is 0 Å². The maximum Gasteiger partial charge on any atom is 0.228 e. The van der Waals surface area contributed by atoms with E-state index in [4.69, 9.17) is 0 Å². The molecule has 0 saturated carbocycles. The molecule has 0 radical (unpaired) electrons. The lowest BCUT2D eigenvalue weighted by atomic mass is 10.1. The van der Waals surface area contributed by atoms with Gasteiger partial charge < -0.3 is 9.80 Å². The number of hydrogen-bond acceptors (Lipinski definition) is 6. The number of anilines is 1. The van der Waals surface area contributed by atoms with E-state index in [1.165, 1.54) is 15.5 Å². The summed E-state index contributed by atoms with van der Waals surface area (Å²) in [4.78, 5) is 24.3. The average Bonchev–Trinajstić information content (AvgIpc) is 2.69. The lowest BCUT2D eigenvalue weighted by molar-refractivity contribution is -0.132. The zero-order valence-electron chi connectivity index (χ0n) is 13.9. The van der Waals surface area contributed by atoms with Crippen molar-refractivity contribution in [3.63, 3.8) is 0 Å². The summed E-state index contributed by atoms with van der Waals surface area (Å²) in [6.45, 7) is 3.24. The molecule has 23 heavy (non-hydrogen) atoms. The standard InChI is InChI=1S/C14H23N5O3S/c1-11-15-6-5-13(16-11)18-7-8-19(23(4,21)22)10-12(9-18)14(20)17(2)3/h5-6,12H,7-10H2,1-4H3/t12-/m0/s1. The highest BCUT2D eigenvalue weighted by atomic mass is 32.2. The van der Waals surface area contributed by atoms with Crippen LogP contribution < -0.4 is 4.90 Å². The van der Waals surface area contributed by atoms with E-state index in [-0.39, 0.29) is 12.5 Å². The molecule has 1 aliphatic heterocycles. The largest absolute Gasteiger partial charge is 0.354 e. The maximum absolute atomic E-state index is 12.4. The third-order valence-corrected chi connectivity index (χ3v) is 5.10. The molecule has 0 N–H and O–H groups in total. The van der Waals surface area contributed by atoms with Gasteiger partial charge in [0.15, 0.2) is 0 Å². The molecule has 9 heteroatoms. The number of rotatable bonds is 3. The van der Waals surface area contributed by atoms with Gasteiger partial charge in [-0.2, -0.15) is 4.31 Å². The molecule has 0 unspecified atom stereocenters. The molecule has 0 aromatic carbocycles. The van der Waals surface area contributed by atoms with Crippen molar-refractivity contribution in [2.24, 2.45) is 5.92 Å². The molecule has 2 heterocycles. The number of aryl methyl sites for hydroxylation is 1. The number of carbonyl (C=O) groups is 1. The van der Waals surface area contributed by atoms with Crippen LogP contribution in [-0.4, -0.2) is 80.0 Å². The number of carbonyl (C=O) groups excluding carboxylic acids is 1. The first-order chi connectivity index (χ1) is 10.7. The third-order valence-electron chi connectivity index (χ3n) is 3.83. The van der Waals surface area contributed by atoms with Gasteiger partial charge in [0.2, 0.25) is 15.9 Å². The predicted octanol–water partition coefficient (Wildman–Crippen LogP) is -0.429. The summed E-state index contributed by atoms with van der Waals surface area (Å²) >= 11 is 0. The van der Waals surface area contributed by atoms with Crippen LogP contribution in [0.4, 0.5) is 5.82 Å². The quantitative estimate of drug-likeness (QED) is 0.742. The second-order valence-electron chi connectivity index (χ2n) is 5.96. The van der Waals surface area contributed by atoms with Crippen LogP contribution in [0.1, 0.15) is 5.82 Å². The molecule has 1 aromatic rings. The number of hydrogen-bond donors (Lipinski definition) is 0. The molecule has 1 aromatic heterocycles. The fraction of sp³-hybridized carbons (Fsp3) is 0.643. The third kappa shape index (κ3) is 4.38. The Morgan fingerprint density at radius 3 is 2.57 bits per heavy atom. The van der Waals surface area contributed by atoms with Crippen LogP contribution in [0.2, 0.25) is 0 Å². The van der Waals surface area contributed by atoms with Crippen molar-refractivity contribution in [1.82, 2.24) is 19.2 Å². The van der Waals surface area contributed by atoms with Crippen LogP contribution in [0.3, 0.4) is 0 Å². The zero-order chi connectivity index (χ0) is 17.2. The van der Waals surface area contributed by atoms with Crippen LogP contribution in [0.5, 0.6) is 0 Å². The van der Waals surface area contributed by atoms with E-state index < -0.39 is 15.9 Å². The molecule has 0 aliphatic carbocycles. The predicted molar refractivity (Wildman–Crippen MR) is 87.6 cm³/mol. The van der Waals surface area contributed by atoms with Crippen LogP contribution in [-0.2, 0) is 14.8 Å². The van der Waals surface area contributed by atoms with Crippen molar-refractivity contribution in [3.05, 3.63) is 18.1 Å². The van der Waals surface area contributed by atoms with Gasteiger partial charge in [0.05, 0.1) is 12.2 Å². The molecule has 2 rings (SSSR count). The van der Waals surface area contributed by atoms with Crippen molar-refractivity contribution >= 4 is 21.7 Å². The minimum atomic E-state index is -3.35. The Balaban J connectivity index is 2.31. The van der Waals surface area contributed by atoms with Gasteiger partial charge in [0, 0.05) is 46.5 Å². The molecule has 1 amide bonds. The van der Waals surface area contributed by atoms with Gasteiger partial charge in [-0.05, 0) is 13.0 Å². The second-order valence-corrected chi connectivity index (χ2v) is 7.94. The van der Waals surface area contributed by atoms with E-state index in [0.29, 0.717) is 31.3 Å². The van der Waals surface area contributed by atoms with Crippen molar-refractivity contribution < 1.29 is 13.2 Å². The van der Waals surface area contributed by atoms with E-state index in [9.17, 15) is 13.2 Å². The molecule has 0 spiro atoms. The minimum absolute atomic E-state index is 0.0867. The van der Waals surface area contributed by atoms with Crippen molar-refractivity contribution in [3.8, 4) is 0 Å². The Kier molecular flexibility index (Phi) is 5.20. The van der Waals surface area contributed by atoms with Crippen molar-refractivity contribution in [1.29, 1.82) is 0 Å². The van der Waals surface area contributed by atoms with E-state index >= 15 is 0 Å². The Morgan fingerprint density at radius 2 is 2.00 bits per heavy atom. The van der Waals surface area contributed by atoms with Gasteiger partial charge in [0.1, 0.15) is 11.6 Å². The summed E-state index contributed by atoms with van der Waals surface area (Å²) in [5, 5.41) is 0. The molecule has 1 aliphatic rings. The molecule has 0 bridgehead atoms. The fourth-order valence-electron chi connectivity index (χ4n) is 2.63. The van der Waals surface area contributed by atoms with E-state index in [2.05, 4.69) is 9.97 Å². The smallest absolute Gasteiger partial charge is 0.228 e. The van der Waals surface area contributed by atoms with Crippen LogP contribution in [0.15, 0.2) is 12.3 Å². The Bertz CT molecular complexity index is 677. The minimum Gasteiger partial charge on any atom is -0.354 e. The molecule has 1 fully saturated rings. The molecule has 8 nitrogen and oxygen atoms in total. The van der Waals surface area contributed by atoms with Gasteiger partial charge in [-0.1, -0.05) is 0 Å². The SMILES string of the molecule is Cc1nccc(N2CCN(S(C)(=O)=O)C[C@@H](C(=O)N(C)C)C2)n1. The lowest BCUT2D eigenvalue weighted by Crippen LogP contribution is -2.42. The topological polar surface area (TPSA) is 86.7 Å². The molecule has 1 atom stereocenters. The summed E-state index contributed by atoms with van der Waals surface area (Å²) < 4.78 is 25.2. The van der Waals surface area contributed by atoms with Gasteiger partial charge in [0.25, 0.3) is 0 Å². The van der Waals surface area contributed by atoms with Crippen LogP contribution in [0.25, 0.3) is 0 Å². The van der Waals surface area contributed by atoms with E-state index in [0.717, 1.165) is 0 Å². The average molecular weight is 341 g/mol. The summed E-state index contributed by atoms with van der Waals surface area (Å²) in [6.07, 6.45) is 2.84. The highest BCUT2D eigenvalue weighted by molar-refractivity contribution is 7.88. The Hall–Kier alpha value is -1.74. The number of amides is 1. The summed E-state index contributed by atoms with van der Waals surface area (Å²) in [6, 6.07) is 1.78. The Morgan fingerprint density at radius 1 is 1.30 bits per heavy atom. The van der Waals surface area contributed by atoms with Gasteiger partial charge in [-0.3, -0.25) is 4.79 Å². The summed E-state index contributed by atoms with van der Waals surface area (Å²) in [5.41, 5.74) is 0. The van der Waals surface area contributed by atoms with Crippen molar-refractivity contribution in [2.45, 2.75) is 6.92 Å². The van der Waals surface area contributed by atoms with Gasteiger partial charge in [-0.25, -0.2) is 18.4 Å². The summed E-state index contributed by atoms with van der Waals surface area (Å²) in [5.74, 6) is 0.834. The molecular formula is C14H23N5O3S. The molecule has 1 saturated heterocycles. The van der Waals surface area contributed by atoms with E-state index in [1.54, 1.807) is 33.3 Å². The lowest BCUT2D eigenvalue weighted by Gasteiger charge is -2.26. The monoisotopic (exact) mass is 341 g/mol. The first kappa shape index (κ1) is 17.6. The normalized spacial score (nSPS) is 20.2. The Labute approximate surface area is 137 Å². The van der Waals surface area contributed by atoms with Gasteiger partial charge in [-0.15, -0.1) is 0 Å². The first-order valence-corrected chi connectivity index (χ1v) is 9.24. The van der Waals surface area contributed by atoms with E-state index in [1.807, 2.05) is 4.90 Å². The maximum atomic E-state index is 12.4. The number of sulfonamides is 1. The first-order valence-electron chi connectivity index (χ1n) is 7.39. The highest BCUT2D eigenvalue weighted by Crippen LogP contribution is 2.19. The molecular weight excluding hydrogens is 318 g/mol. The summed E-state index contributed by atoms with van der Waals surface area (Å²) in [7, 11) is 0.00357. The highest BCUT2D eigenvalue weighted by Gasteiger charge is 2.32. The second kappa shape index (κ2) is 6.79. The van der Waals surface area contributed by atoms with Crippen molar-refractivity contribution in [2.75, 3.05) is 51.4 Å². The zero-order valence-corrected chi connectivity index (χ0v) is 14.7. The van der Waals surface area contributed by atoms with Crippen LogP contribution in [0, 0.1) is 12.8 Å². The number of aromatic nitrogens is 2. The number of nitrogens with zero attached hydrogens (tertiary/aromatic N) is 5. The molecule has 128 valence electrons.